The van der Waals surface area contributed by atoms with Crippen LogP contribution in [-0.4, -0.2) is 39.9 Å². The Hall–Kier alpha value is -1.75. The van der Waals surface area contributed by atoms with Gasteiger partial charge in [-0.05, 0) is 44.1 Å². The SMILES string of the molecule is CCNCCCCOC(=O)c1ccc(OC)c(OC)c1. The molecule has 0 aliphatic rings. The smallest absolute Gasteiger partial charge is 0.338 e. The minimum absolute atomic E-state index is 0.339. The average Bonchev–Trinajstić information content (AvgIpc) is 2.49. The molecule has 112 valence electrons. The Morgan fingerprint density at radius 3 is 2.55 bits per heavy atom. The van der Waals surface area contributed by atoms with Gasteiger partial charge in [0.2, 0.25) is 0 Å². The molecule has 0 aromatic heterocycles. The normalized spacial score (nSPS) is 10.2. The number of rotatable bonds is 9. The molecule has 0 saturated carbocycles. The molecule has 0 unspecified atom stereocenters. The van der Waals surface area contributed by atoms with Crippen LogP contribution in [0.1, 0.15) is 30.1 Å². The quantitative estimate of drug-likeness (QED) is 0.556. The van der Waals surface area contributed by atoms with Crippen LogP contribution in [0.15, 0.2) is 18.2 Å². The molecule has 20 heavy (non-hydrogen) atoms. The third kappa shape index (κ3) is 5.09. The van der Waals surface area contributed by atoms with Crippen molar-refractivity contribution in [2.24, 2.45) is 0 Å². The zero-order chi connectivity index (χ0) is 14.8. The maximum Gasteiger partial charge on any atom is 0.338 e. The number of hydrogen-bond donors (Lipinski definition) is 1. The zero-order valence-corrected chi connectivity index (χ0v) is 12.4. The van der Waals surface area contributed by atoms with E-state index in [1.807, 2.05) is 0 Å². The molecule has 0 saturated heterocycles. The maximum absolute atomic E-state index is 11.9. The van der Waals surface area contributed by atoms with Crippen molar-refractivity contribution in [2.45, 2.75) is 19.8 Å². The van der Waals surface area contributed by atoms with Crippen LogP contribution < -0.4 is 14.8 Å². The number of unbranched alkanes of at least 4 members (excludes halogenated alkanes) is 1. The fourth-order valence-corrected chi connectivity index (χ4v) is 1.74. The summed E-state index contributed by atoms with van der Waals surface area (Å²) in [6, 6.07) is 4.99. The first kappa shape index (κ1) is 16.3. The Labute approximate surface area is 120 Å². The Kier molecular flexibility index (Phi) is 7.50. The molecule has 0 atom stereocenters. The van der Waals surface area contributed by atoms with E-state index in [0.29, 0.717) is 23.7 Å². The van der Waals surface area contributed by atoms with E-state index in [-0.39, 0.29) is 5.97 Å². The van der Waals surface area contributed by atoms with E-state index < -0.39 is 0 Å². The molecule has 1 N–H and O–H groups in total. The second-order valence-electron chi connectivity index (χ2n) is 4.27. The average molecular weight is 281 g/mol. The van der Waals surface area contributed by atoms with Crippen LogP contribution in [-0.2, 0) is 4.74 Å². The van der Waals surface area contributed by atoms with Crippen molar-refractivity contribution >= 4 is 5.97 Å². The highest BCUT2D eigenvalue weighted by Crippen LogP contribution is 2.27. The van der Waals surface area contributed by atoms with E-state index in [0.717, 1.165) is 25.9 Å². The monoisotopic (exact) mass is 281 g/mol. The molecular weight excluding hydrogens is 258 g/mol. The molecule has 5 nitrogen and oxygen atoms in total. The summed E-state index contributed by atoms with van der Waals surface area (Å²) in [6.07, 6.45) is 1.85. The Morgan fingerprint density at radius 2 is 1.90 bits per heavy atom. The number of esters is 1. The second kappa shape index (κ2) is 9.20. The summed E-state index contributed by atoms with van der Waals surface area (Å²) in [4.78, 5) is 11.9. The van der Waals surface area contributed by atoms with Crippen LogP contribution >= 0.6 is 0 Å². The highest BCUT2D eigenvalue weighted by atomic mass is 16.5. The van der Waals surface area contributed by atoms with Crippen molar-refractivity contribution in [3.8, 4) is 11.5 Å². The topological polar surface area (TPSA) is 56.8 Å². The third-order valence-electron chi connectivity index (χ3n) is 2.85. The van der Waals surface area contributed by atoms with Gasteiger partial charge in [0.15, 0.2) is 11.5 Å². The first-order valence-corrected chi connectivity index (χ1v) is 6.82. The molecule has 1 rings (SSSR count). The van der Waals surface area contributed by atoms with Gasteiger partial charge in [0.05, 0.1) is 26.4 Å². The summed E-state index contributed by atoms with van der Waals surface area (Å²) < 4.78 is 15.5. The van der Waals surface area contributed by atoms with E-state index in [2.05, 4.69) is 12.2 Å². The van der Waals surface area contributed by atoms with Gasteiger partial charge in [-0.1, -0.05) is 6.92 Å². The highest BCUT2D eigenvalue weighted by molar-refractivity contribution is 5.90. The summed E-state index contributed by atoms with van der Waals surface area (Å²) in [5.74, 6) is 0.776. The van der Waals surface area contributed by atoms with E-state index >= 15 is 0 Å². The molecule has 0 heterocycles. The van der Waals surface area contributed by atoms with Gasteiger partial charge in [0.25, 0.3) is 0 Å². The lowest BCUT2D eigenvalue weighted by Crippen LogP contribution is -2.15. The van der Waals surface area contributed by atoms with E-state index in [4.69, 9.17) is 14.2 Å². The molecular formula is C15H23NO4. The van der Waals surface area contributed by atoms with E-state index in [1.54, 1.807) is 25.3 Å². The fourth-order valence-electron chi connectivity index (χ4n) is 1.74. The van der Waals surface area contributed by atoms with Gasteiger partial charge >= 0.3 is 5.97 Å². The summed E-state index contributed by atoms with van der Waals surface area (Å²) >= 11 is 0. The molecule has 0 aliphatic heterocycles. The Bertz CT molecular complexity index is 420. The number of ether oxygens (including phenoxy) is 3. The van der Waals surface area contributed by atoms with Crippen molar-refractivity contribution in [2.75, 3.05) is 33.9 Å². The summed E-state index contributed by atoms with van der Waals surface area (Å²) in [6.45, 7) is 4.41. The third-order valence-corrected chi connectivity index (χ3v) is 2.85. The van der Waals surface area contributed by atoms with Gasteiger partial charge in [-0.25, -0.2) is 4.79 Å². The van der Waals surface area contributed by atoms with Gasteiger partial charge in [-0.3, -0.25) is 0 Å². The van der Waals surface area contributed by atoms with E-state index in [9.17, 15) is 4.79 Å². The van der Waals surface area contributed by atoms with Crippen molar-refractivity contribution in [3.63, 3.8) is 0 Å². The molecule has 0 fully saturated rings. The summed E-state index contributed by atoms with van der Waals surface area (Å²) in [5, 5.41) is 3.22. The summed E-state index contributed by atoms with van der Waals surface area (Å²) in [7, 11) is 3.09. The largest absolute Gasteiger partial charge is 0.493 e. The van der Waals surface area contributed by atoms with E-state index in [1.165, 1.54) is 7.11 Å². The van der Waals surface area contributed by atoms with Crippen LogP contribution in [0.3, 0.4) is 0 Å². The van der Waals surface area contributed by atoms with Gasteiger partial charge in [-0.15, -0.1) is 0 Å². The minimum atomic E-state index is -0.339. The van der Waals surface area contributed by atoms with Crippen LogP contribution in [0.5, 0.6) is 11.5 Å². The minimum Gasteiger partial charge on any atom is -0.493 e. The summed E-state index contributed by atoms with van der Waals surface area (Å²) in [5.41, 5.74) is 0.467. The number of benzene rings is 1. The first-order valence-electron chi connectivity index (χ1n) is 6.82. The first-order chi connectivity index (χ1) is 9.72. The lowest BCUT2D eigenvalue weighted by Gasteiger charge is -2.09. The van der Waals surface area contributed by atoms with Gasteiger partial charge in [-0.2, -0.15) is 0 Å². The molecule has 0 amide bonds. The maximum atomic E-state index is 11.9. The zero-order valence-electron chi connectivity index (χ0n) is 12.4. The number of carbonyl (C=O) groups excluding carboxylic acids is 1. The number of hydrogen-bond acceptors (Lipinski definition) is 5. The van der Waals surface area contributed by atoms with Crippen molar-refractivity contribution in [1.82, 2.24) is 5.32 Å². The van der Waals surface area contributed by atoms with Crippen LogP contribution in [0.2, 0.25) is 0 Å². The highest BCUT2D eigenvalue weighted by Gasteiger charge is 2.11. The van der Waals surface area contributed by atoms with Gasteiger partial charge in [0.1, 0.15) is 0 Å². The molecule has 1 aromatic carbocycles. The number of nitrogens with one attached hydrogen (secondary N) is 1. The molecule has 0 radical (unpaired) electrons. The molecule has 0 aliphatic carbocycles. The predicted octanol–water partition coefficient (Wildman–Crippen LogP) is 2.25. The van der Waals surface area contributed by atoms with Gasteiger partial charge < -0.3 is 19.5 Å². The van der Waals surface area contributed by atoms with Crippen molar-refractivity contribution in [3.05, 3.63) is 23.8 Å². The molecule has 5 heteroatoms. The number of carbonyl (C=O) groups is 1. The molecule has 0 spiro atoms. The fraction of sp³-hybridized carbons (Fsp3) is 0.533. The molecule has 1 aromatic rings. The van der Waals surface area contributed by atoms with Crippen molar-refractivity contribution < 1.29 is 19.0 Å². The van der Waals surface area contributed by atoms with Gasteiger partial charge in [0, 0.05) is 0 Å². The Balaban J connectivity index is 2.43. The predicted molar refractivity (Wildman–Crippen MR) is 77.6 cm³/mol. The van der Waals surface area contributed by atoms with Crippen LogP contribution in [0.25, 0.3) is 0 Å². The van der Waals surface area contributed by atoms with Crippen LogP contribution in [0.4, 0.5) is 0 Å². The second-order valence-corrected chi connectivity index (χ2v) is 4.27. The van der Waals surface area contributed by atoms with Crippen molar-refractivity contribution in [1.29, 1.82) is 0 Å². The lowest BCUT2D eigenvalue weighted by molar-refractivity contribution is 0.0498. The molecule has 0 bridgehead atoms. The van der Waals surface area contributed by atoms with Crippen LogP contribution in [0, 0.1) is 0 Å². The number of methoxy groups -OCH3 is 2. The standard InChI is InChI=1S/C15H23NO4/c1-4-16-9-5-6-10-20-15(17)12-7-8-13(18-2)14(11-12)19-3/h7-8,11,16H,4-6,9-10H2,1-3H3. The lowest BCUT2D eigenvalue weighted by atomic mass is 10.2. The Morgan fingerprint density at radius 1 is 1.15 bits per heavy atom.